The van der Waals surface area contributed by atoms with Crippen LogP contribution in [-0.4, -0.2) is 34.8 Å². The van der Waals surface area contributed by atoms with Crippen LogP contribution in [0.3, 0.4) is 0 Å². The average Bonchev–Trinajstić information content (AvgIpc) is 2.85. The molecule has 0 aliphatic carbocycles. The van der Waals surface area contributed by atoms with Crippen molar-refractivity contribution in [2.24, 2.45) is 5.92 Å². The molecule has 0 atom stereocenters. The van der Waals surface area contributed by atoms with E-state index in [4.69, 9.17) is 0 Å². The zero-order valence-electron chi connectivity index (χ0n) is 14.3. The number of piperidine rings is 1. The summed E-state index contributed by atoms with van der Waals surface area (Å²) < 4.78 is 15.3. The normalized spacial score (nSPS) is 16.6. The number of nitrogens with zero attached hydrogens (tertiary/aromatic N) is 3. The minimum Gasteiger partial charge on any atom is -0.306 e. The van der Waals surface area contributed by atoms with Gasteiger partial charge in [0.1, 0.15) is 5.82 Å². The van der Waals surface area contributed by atoms with Crippen LogP contribution in [-0.2, 0) is 6.54 Å². The first-order chi connectivity index (χ1) is 10.6. The molecular weight excluding hydrogens is 277 g/mol. The Labute approximate surface area is 133 Å². The number of aromatic nitrogens is 2. The second-order valence-electron chi connectivity index (χ2n) is 6.01. The highest BCUT2D eigenvalue weighted by atomic mass is 19.1. The van der Waals surface area contributed by atoms with Gasteiger partial charge in [0.2, 0.25) is 0 Å². The van der Waals surface area contributed by atoms with Crippen molar-refractivity contribution in [2.45, 2.75) is 46.6 Å². The Balaban J connectivity index is 0.000000847. The van der Waals surface area contributed by atoms with Gasteiger partial charge in [0.25, 0.3) is 0 Å². The molecule has 1 aromatic heterocycles. The average molecular weight is 305 g/mol. The summed E-state index contributed by atoms with van der Waals surface area (Å²) in [5.74, 6) is 0.613. The lowest BCUT2D eigenvalue weighted by Crippen LogP contribution is -2.30. The highest BCUT2D eigenvalue weighted by Gasteiger charge is 2.17. The molecule has 0 amide bonds. The van der Waals surface area contributed by atoms with Crippen LogP contribution >= 0.6 is 0 Å². The van der Waals surface area contributed by atoms with Crippen LogP contribution in [0.5, 0.6) is 0 Å². The lowest BCUT2D eigenvalue weighted by atomic mass is 9.94. The number of aryl methyl sites for hydroxylation is 2. The van der Waals surface area contributed by atoms with Gasteiger partial charge in [0.15, 0.2) is 0 Å². The zero-order valence-corrected chi connectivity index (χ0v) is 14.3. The minimum atomic E-state index is -0.185. The molecule has 0 unspecified atom stereocenters. The molecule has 2 heterocycles. The van der Waals surface area contributed by atoms with Crippen LogP contribution in [0.4, 0.5) is 4.39 Å². The molecular formula is C18H28FN3. The van der Waals surface area contributed by atoms with E-state index in [0.29, 0.717) is 0 Å². The summed E-state index contributed by atoms with van der Waals surface area (Å²) in [5, 5.41) is 5.51. The van der Waals surface area contributed by atoms with Crippen LogP contribution < -0.4 is 0 Å². The highest BCUT2D eigenvalue weighted by molar-refractivity contribution is 5.81. The molecule has 1 aliphatic rings. The second kappa shape index (κ2) is 7.73. The molecule has 1 aromatic carbocycles. The van der Waals surface area contributed by atoms with Gasteiger partial charge in [-0.2, -0.15) is 5.10 Å². The van der Waals surface area contributed by atoms with Crippen molar-refractivity contribution in [1.82, 2.24) is 14.7 Å². The third-order valence-corrected chi connectivity index (χ3v) is 4.48. The number of benzene rings is 1. The Morgan fingerprint density at radius 3 is 2.59 bits per heavy atom. The molecule has 0 saturated carbocycles. The van der Waals surface area contributed by atoms with E-state index in [-0.39, 0.29) is 5.82 Å². The molecule has 22 heavy (non-hydrogen) atoms. The summed E-state index contributed by atoms with van der Waals surface area (Å²) in [6.45, 7) is 9.29. The molecule has 2 aromatic rings. The predicted molar refractivity (Wildman–Crippen MR) is 90.6 cm³/mol. The summed E-state index contributed by atoms with van der Waals surface area (Å²) in [4.78, 5) is 2.40. The molecule has 4 heteroatoms. The van der Waals surface area contributed by atoms with Gasteiger partial charge < -0.3 is 4.90 Å². The Bertz CT molecular complexity index is 598. The first-order valence-electron chi connectivity index (χ1n) is 8.44. The van der Waals surface area contributed by atoms with Gasteiger partial charge >= 0.3 is 0 Å². The van der Waals surface area contributed by atoms with Crippen molar-refractivity contribution in [1.29, 1.82) is 0 Å². The number of hydrogen-bond acceptors (Lipinski definition) is 2. The maximum absolute atomic E-state index is 13.3. The molecule has 1 aliphatic heterocycles. The Kier molecular flexibility index (Phi) is 5.95. The number of hydrogen-bond donors (Lipinski definition) is 0. The Morgan fingerprint density at radius 2 is 1.91 bits per heavy atom. The third kappa shape index (κ3) is 3.86. The highest BCUT2D eigenvalue weighted by Crippen LogP contribution is 2.23. The first kappa shape index (κ1) is 16.9. The summed E-state index contributed by atoms with van der Waals surface area (Å²) in [6, 6.07) is 4.96. The van der Waals surface area contributed by atoms with Crippen molar-refractivity contribution in [2.75, 3.05) is 20.1 Å². The van der Waals surface area contributed by atoms with E-state index in [1.54, 1.807) is 6.07 Å². The molecule has 0 radical (unpaired) electrons. The minimum absolute atomic E-state index is 0.185. The smallest absolute Gasteiger partial charge is 0.124 e. The second-order valence-corrected chi connectivity index (χ2v) is 6.01. The molecule has 3 rings (SSSR count). The van der Waals surface area contributed by atoms with Gasteiger partial charge in [-0.15, -0.1) is 0 Å². The van der Waals surface area contributed by atoms with Gasteiger partial charge in [-0.3, -0.25) is 4.68 Å². The standard InChI is InChI=1S/C16H22FN3.C2H6/c1-12-15-11-14(17)3-4-16(15)20(18-12)10-7-13-5-8-19(2)9-6-13;1-2/h3-4,11,13H,5-10H2,1-2H3;1-2H3. The molecule has 122 valence electrons. The molecule has 3 nitrogen and oxygen atoms in total. The summed E-state index contributed by atoms with van der Waals surface area (Å²) in [6.07, 6.45) is 3.73. The maximum Gasteiger partial charge on any atom is 0.124 e. The molecule has 1 saturated heterocycles. The van der Waals surface area contributed by atoms with Crippen molar-refractivity contribution >= 4 is 10.9 Å². The van der Waals surface area contributed by atoms with E-state index in [2.05, 4.69) is 17.0 Å². The number of rotatable bonds is 3. The van der Waals surface area contributed by atoms with Crippen molar-refractivity contribution < 1.29 is 4.39 Å². The van der Waals surface area contributed by atoms with Crippen LogP contribution in [0, 0.1) is 18.7 Å². The monoisotopic (exact) mass is 305 g/mol. The fourth-order valence-electron chi connectivity index (χ4n) is 3.14. The number of fused-ring (bicyclic) bond motifs is 1. The van der Waals surface area contributed by atoms with Crippen LogP contribution in [0.15, 0.2) is 18.2 Å². The molecule has 0 spiro atoms. The zero-order chi connectivity index (χ0) is 16.1. The lowest BCUT2D eigenvalue weighted by Gasteiger charge is -2.28. The maximum atomic E-state index is 13.3. The van der Waals surface area contributed by atoms with Gasteiger partial charge in [-0.05, 0) is 70.4 Å². The van der Waals surface area contributed by atoms with Crippen LogP contribution in [0.2, 0.25) is 0 Å². The quantitative estimate of drug-likeness (QED) is 0.845. The van der Waals surface area contributed by atoms with Gasteiger partial charge in [0, 0.05) is 11.9 Å². The largest absolute Gasteiger partial charge is 0.306 e. The van der Waals surface area contributed by atoms with Gasteiger partial charge in [-0.25, -0.2) is 4.39 Å². The predicted octanol–water partition coefficient (Wildman–Crippen LogP) is 4.24. The number of halogens is 1. The van der Waals surface area contributed by atoms with E-state index in [0.717, 1.165) is 29.1 Å². The van der Waals surface area contributed by atoms with Crippen molar-refractivity contribution in [3.8, 4) is 0 Å². The summed E-state index contributed by atoms with van der Waals surface area (Å²) in [5.41, 5.74) is 1.97. The summed E-state index contributed by atoms with van der Waals surface area (Å²) in [7, 11) is 2.19. The van der Waals surface area contributed by atoms with Gasteiger partial charge in [0.05, 0.1) is 11.2 Å². The topological polar surface area (TPSA) is 21.1 Å². The van der Waals surface area contributed by atoms with Crippen LogP contribution in [0.25, 0.3) is 10.9 Å². The van der Waals surface area contributed by atoms with E-state index in [1.807, 2.05) is 31.5 Å². The first-order valence-corrected chi connectivity index (χ1v) is 8.44. The van der Waals surface area contributed by atoms with Crippen molar-refractivity contribution in [3.63, 3.8) is 0 Å². The molecule has 1 fully saturated rings. The number of likely N-dealkylation sites (tertiary alicyclic amines) is 1. The summed E-state index contributed by atoms with van der Waals surface area (Å²) >= 11 is 0. The Hall–Kier alpha value is -1.42. The van der Waals surface area contributed by atoms with E-state index < -0.39 is 0 Å². The molecule has 0 N–H and O–H groups in total. The fraction of sp³-hybridized carbons (Fsp3) is 0.611. The fourth-order valence-corrected chi connectivity index (χ4v) is 3.14. The van der Waals surface area contributed by atoms with E-state index in [9.17, 15) is 4.39 Å². The Morgan fingerprint density at radius 1 is 1.23 bits per heavy atom. The SMILES string of the molecule is CC.Cc1nn(CCC2CCN(C)CC2)c2ccc(F)cc12. The van der Waals surface area contributed by atoms with Crippen molar-refractivity contribution in [3.05, 3.63) is 29.7 Å². The van der Waals surface area contributed by atoms with E-state index in [1.165, 1.54) is 38.4 Å². The van der Waals surface area contributed by atoms with Gasteiger partial charge in [-0.1, -0.05) is 13.8 Å². The third-order valence-electron chi connectivity index (χ3n) is 4.48. The van der Waals surface area contributed by atoms with Crippen LogP contribution in [0.1, 0.15) is 38.8 Å². The van der Waals surface area contributed by atoms with E-state index >= 15 is 0 Å². The lowest BCUT2D eigenvalue weighted by molar-refractivity contribution is 0.207. The molecule has 0 bridgehead atoms.